The smallest absolute Gasteiger partial charge is 0.344 e. The molecule has 0 aliphatic heterocycles. The number of hydrogen-bond acceptors (Lipinski definition) is 6. The van der Waals surface area contributed by atoms with Crippen LogP contribution in [0.15, 0.2) is 40.9 Å². The maximum atomic E-state index is 12.3. The lowest BCUT2D eigenvalue weighted by Gasteiger charge is -2.17. The third-order valence-electron chi connectivity index (χ3n) is 4.52. The fraction of sp³-hybridized carbons (Fsp3) is 0.286. The molecule has 1 amide bonds. The normalized spacial score (nSPS) is 10.7. The molecule has 0 bridgehead atoms. The Morgan fingerprint density at radius 3 is 2.50 bits per heavy atom. The number of hydrogen-bond donors (Lipinski definition) is 0. The Morgan fingerprint density at radius 2 is 1.82 bits per heavy atom. The predicted octanol–water partition coefficient (Wildman–Crippen LogP) is 3.27. The van der Waals surface area contributed by atoms with E-state index < -0.39 is 5.97 Å². The van der Waals surface area contributed by atoms with Crippen LogP contribution >= 0.6 is 0 Å². The third-order valence-corrected chi connectivity index (χ3v) is 4.52. The highest BCUT2D eigenvalue weighted by Crippen LogP contribution is 2.22. The van der Waals surface area contributed by atoms with E-state index in [2.05, 4.69) is 5.16 Å². The summed E-state index contributed by atoms with van der Waals surface area (Å²) in [6.07, 6.45) is 0. The Labute approximate surface area is 162 Å². The number of aryl methyl sites for hydroxylation is 2. The van der Waals surface area contributed by atoms with E-state index in [0.29, 0.717) is 18.0 Å². The monoisotopic (exact) mass is 382 g/mol. The molecule has 0 fully saturated rings. The van der Waals surface area contributed by atoms with Crippen molar-refractivity contribution in [1.82, 2.24) is 10.1 Å². The molecule has 3 rings (SSSR count). The summed E-state index contributed by atoms with van der Waals surface area (Å²) in [5.74, 6) is 0.261. The van der Waals surface area contributed by atoms with Crippen molar-refractivity contribution in [3.8, 4) is 5.75 Å². The number of ether oxygens (including phenoxy) is 2. The van der Waals surface area contributed by atoms with E-state index in [9.17, 15) is 9.59 Å². The third kappa shape index (κ3) is 4.14. The molecule has 0 unspecified atom stereocenters. The van der Waals surface area contributed by atoms with Crippen LogP contribution in [-0.4, -0.2) is 42.7 Å². The lowest BCUT2D eigenvalue weighted by molar-refractivity contribution is -0.133. The molecule has 7 heteroatoms. The zero-order valence-electron chi connectivity index (χ0n) is 16.3. The molecular formula is C21H22N2O5. The maximum Gasteiger partial charge on any atom is 0.344 e. The van der Waals surface area contributed by atoms with Crippen LogP contribution in [0, 0.1) is 13.8 Å². The standard InChI is InChI=1S/C21H22N2O5/c1-13-20(14(2)28-22-13)21(25)27-12-19(24)23(3)11-15-5-6-17-10-18(26-4)8-7-16(17)9-15/h5-10H,11-12H2,1-4H3. The van der Waals surface area contributed by atoms with Crippen LogP contribution in [0.25, 0.3) is 10.8 Å². The molecule has 0 N–H and O–H groups in total. The van der Waals surface area contributed by atoms with E-state index in [1.165, 1.54) is 4.90 Å². The van der Waals surface area contributed by atoms with Gasteiger partial charge in [0, 0.05) is 13.6 Å². The van der Waals surface area contributed by atoms with Crippen molar-refractivity contribution in [2.45, 2.75) is 20.4 Å². The van der Waals surface area contributed by atoms with Gasteiger partial charge in [0.05, 0.1) is 12.8 Å². The van der Waals surface area contributed by atoms with Gasteiger partial charge in [0.2, 0.25) is 0 Å². The minimum atomic E-state index is -0.613. The second kappa shape index (κ2) is 8.12. The molecule has 0 radical (unpaired) electrons. The molecule has 1 heterocycles. The van der Waals surface area contributed by atoms with Crippen molar-refractivity contribution >= 4 is 22.6 Å². The summed E-state index contributed by atoms with van der Waals surface area (Å²) in [6, 6.07) is 11.8. The van der Waals surface area contributed by atoms with Crippen molar-refractivity contribution in [3.63, 3.8) is 0 Å². The Hall–Kier alpha value is -3.35. The molecule has 0 saturated carbocycles. The molecule has 2 aromatic carbocycles. The summed E-state index contributed by atoms with van der Waals surface area (Å²) >= 11 is 0. The number of fused-ring (bicyclic) bond motifs is 1. The zero-order valence-corrected chi connectivity index (χ0v) is 16.3. The van der Waals surface area contributed by atoms with Crippen LogP contribution in [0.1, 0.15) is 27.4 Å². The van der Waals surface area contributed by atoms with Crippen molar-refractivity contribution in [2.75, 3.05) is 20.8 Å². The highest BCUT2D eigenvalue weighted by molar-refractivity contribution is 5.93. The maximum absolute atomic E-state index is 12.3. The minimum Gasteiger partial charge on any atom is -0.497 e. The van der Waals surface area contributed by atoms with Gasteiger partial charge >= 0.3 is 5.97 Å². The van der Waals surface area contributed by atoms with Gasteiger partial charge in [-0.2, -0.15) is 0 Å². The van der Waals surface area contributed by atoms with Crippen LogP contribution < -0.4 is 4.74 Å². The van der Waals surface area contributed by atoms with Crippen molar-refractivity contribution in [3.05, 3.63) is 59.0 Å². The first kappa shape index (κ1) is 19.4. The van der Waals surface area contributed by atoms with E-state index in [-0.39, 0.29) is 18.1 Å². The van der Waals surface area contributed by atoms with Gasteiger partial charge in [0.15, 0.2) is 6.61 Å². The predicted molar refractivity (Wildman–Crippen MR) is 103 cm³/mol. The van der Waals surface area contributed by atoms with E-state index in [1.54, 1.807) is 28.0 Å². The van der Waals surface area contributed by atoms with Gasteiger partial charge in [-0.15, -0.1) is 0 Å². The van der Waals surface area contributed by atoms with Crippen LogP contribution in [-0.2, 0) is 16.1 Å². The molecule has 0 aliphatic carbocycles. The highest BCUT2D eigenvalue weighted by atomic mass is 16.5. The molecule has 28 heavy (non-hydrogen) atoms. The van der Waals surface area contributed by atoms with Crippen LogP contribution in [0.4, 0.5) is 0 Å². The van der Waals surface area contributed by atoms with Crippen molar-refractivity contribution in [2.24, 2.45) is 0 Å². The average Bonchev–Trinajstić information content (AvgIpc) is 3.03. The number of methoxy groups -OCH3 is 1. The number of aromatic nitrogens is 1. The number of esters is 1. The second-order valence-corrected chi connectivity index (χ2v) is 6.57. The summed E-state index contributed by atoms with van der Waals surface area (Å²) in [4.78, 5) is 26.0. The molecule has 1 aromatic heterocycles. The first-order chi connectivity index (χ1) is 13.4. The van der Waals surface area contributed by atoms with E-state index in [0.717, 1.165) is 22.1 Å². The summed E-state index contributed by atoms with van der Waals surface area (Å²) in [7, 11) is 3.30. The average molecular weight is 382 g/mol. The number of carbonyl (C=O) groups excluding carboxylic acids is 2. The van der Waals surface area contributed by atoms with Crippen LogP contribution in [0.3, 0.4) is 0 Å². The van der Waals surface area contributed by atoms with Gasteiger partial charge in [-0.1, -0.05) is 23.4 Å². The van der Waals surface area contributed by atoms with Gasteiger partial charge in [-0.3, -0.25) is 4.79 Å². The summed E-state index contributed by atoms with van der Waals surface area (Å²) in [5.41, 5.74) is 1.68. The number of rotatable bonds is 6. The van der Waals surface area contributed by atoms with E-state index in [4.69, 9.17) is 14.0 Å². The number of nitrogens with zero attached hydrogens (tertiary/aromatic N) is 2. The van der Waals surface area contributed by atoms with Crippen LogP contribution in [0.2, 0.25) is 0 Å². The van der Waals surface area contributed by atoms with Crippen molar-refractivity contribution < 1.29 is 23.6 Å². The van der Waals surface area contributed by atoms with Gasteiger partial charge in [-0.25, -0.2) is 4.79 Å². The molecule has 146 valence electrons. The first-order valence-electron chi connectivity index (χ1n) is 8.79. The fourth-order valence-corrected chi connectivity index (χ4v) is 2.94. The molecular weight excluding hydrogens is 360 g/mol. The Morgan fingerprint density at radius 1 is 1.11 bits per heavy atom. The number of likely N-dealkylation sites (N-methyl/N-ethyl adjacent to an activating group) is 1. The van der Waals surface area contributed by atoms with Gasteiger partial charge in [0.25, 0.3) is 5.91 Å². The number of amides is 1. The largest absolute Gasteiger partial charge is 0.497 e. The number of benzene rings is 2. The van der Waals surface area contributed by atoms with E-state index >= 15 is 0 Å². The van der Waals surface area contributed by atoms with Gasteiger partial charge < -0.3 is 18.9 Å². The molecule has 0 atom stereocenters. The molecule has 0 saturated heterocycles. The molecule has 3 aromatic rings. The molecule has 0 aliphatic rings. The van der Waals surface area contributed by atoms with Gasteiger partial charge in [0.1, 0.15) is 17.1 Å². The topological polar surface area (TPSA) is 81.9 Å². The fourth-order valence-electron chi connectivity index (χ4n) is 2.94. The second-order valence-electron chi connectivity index (χ2n) is 6.57. The number of carbonyl (C=O) groups is 2. The Kier molecular flexibility index (Phi) is 5.63. The lowest BCUT2D eigenvalue weighted by atomic mass is 10.1. The molecule has 7 nitrogen and oxygen atoms in total. The lowest BCUT2D eigenvalue weighted by Crippen LogP contribution is -2.31. The highest BCUT2D eigenvalue weighted by Gasteiger charge is 2.20. The SMILES string of the molecule is COc1ccc2cc(CN(C)C(=O)COC(=O)c3c(C)noc3C)ccc2c1. The quantitative estimate of drug-likeness (QED) is 0.609. The first-order valence-corrected chi connectivity index (χ1v) is 8.79. The summed E-state index contributed by atoms with van der Waals surface area (Å²) in [5, 5.41) is 5.83. The van der Waals surface area contributed by atoms with Gasteiger partial charge in [-0.05, 0) is 48.4 Å². The summed E-state index contributed by atoms with van der Waals surface area (Å²) < 4.78 is 15.3. The molecule has 0 spiro atoms. The van der Waals surface area contributed by atoms with E-state index in [1.807, 2.05) is 36.4 Å². The minimum absolute atomic E-state index is 0.264. The van der Waals surface area contributed by atoms with Crippen LogP contribution in [0.5, 0.6) is 5.75 Å². The zero-order chi connectivity index (χ0) is 20.3. The Balaban J connectivity index is 1.61. The van der Waals surface area contributed by atoms with Crippen molar-refractivity contribution in [1.29, 1.82) is 0 Å². The Bertz CT molecular complexity index is 1010. The summed E-state index contributed by atoms with van der Waals surface area (Å²) in [6.45, 7) is 3.34.